The second-order valence-corrected chi connectivity index (χ2v) is 9.97. The summed E-state index contributed by atoms with van der Waals surface area (Å²) in [6.45, 7) is 10.6. The molecule has 0 saturated heterocycles. The Morgan fingerprint density at radius 1 is 0.889 bits per heavy atom. The topological polar surface area (TPSA) is 50.5 Å². The Morgan fingerprint density at radius 3 is 2.25 bits per heavy atom. The number of aliphatic hydroxyl groups excluding tert-OH is 1. The van der Waals surface area contributed by atoms with Crippen molar-refractivity contribution < 1.29 is 9.84 Å². The summed E-state index contributed by atoms with van der Waals surface area (Å²) in [5.41, 5.74) is 5.20. The van der Waals surface area contributed by atoms with Gasteiger partial charge in [-0.3, -0.25) is 4.90 Å². The van der Waals surface area contributed by atoms with Gasteiger partial charge in [0.05, 0.1) is 23.0 Å². The molecule has 1 aromatic heterocycles. The lowest BCUT2D eigenvalue weighted by molar-refractivity contribution is 0.101. The first-order valence-electron chi connectivity index (χ1n) is 12.7. The highest BCUT2D eigenvalue weighted by Crippen LogP contribution is 2.32. The lowest BCUT2D eigenvalue weighted by Crippen LogP contribution is -2.35. The largest absolute Gasteiger partial charge is 0.439 e. The Balaban J connectivity index is 1.64. The maximum absolute atomic E-state index is 11.0. The number of para-hydroxylation sites is 1. The van der Waals surface area contributed by atoms with Crippen molar-refractivity contribution in [2.75, 3.05) is 13.1 Å². The summed E-state index contributed by atoms with van der Waals surface area (Å²) < 4.78 is 8.40. The molecule has 0 aliphatic heterocycles. The maximum Gasteiger partial charge on any atom is 0.227 e. The molecule has 0 spiro atoms. The van der Waals surface area contributed by atoms with E-state index in [1.54, 1.807) is 0 Å². The summed E-state index contributed by atoms with van der Waals surface area (Å²) >= 11 is 0. The molecule has 36 heavy (non-hydrogen) atoms. The average Bonchev–Trinajstić information content (AvgIpc) is 3.14. The first-order chi connectivity index (χ1) is 17.4. The fraction of sp³-hybridized carbons (Fsp3) is 0.323. The number of rotatable bonds is 11. The van der Waals surface area contributed by atoms with Crippen LogP contribution in [0.1, 0.15) is 36.2 Å². The normalized spacial score (nSPS) is 12.3. The number of hydrogen-bond donors (Lipinski definition) is 1. The molecule has 4 rings (SSSR count). The second kappa shape index (κ2) is 12.0. The highest BCUT2D eigenvalue weighted by Gasteiger charge is 2.23. The molecule has 1 atom stereocenters. The Bertz CT molecular complexity index is 1240. The molecule has 0 saturated carbocycles. The van der Waals surface area contributed by atoms with Gasteiger partial charge in [-0.1, -0.05) is 74.5 Å². The third-order valence-electron chi connectivity index (χ3n) is 6.13. The molecule has 0 radical (unpaired) electrons. The number of benzene rings is 3. The van der Waals surface area contributed by atoms with Gasteiger partial charge >= 0.3 is 0 Å². The van der Waals surface area contributed by atoms with Crippen LogP contribution in [0.3, 0.4) is 0 Å². The zero-order valence-electron chi connectivity index (χ0n) is 21.8. The van der Waals surface area contributed by atoms with E-state index >= 15 is 0 Å². The molecule has 1 heterocycles. The number of hydrogen-bond acceptors (Lipinski definition) is 4. The van der Waals surface area contributed by atoms with Crippen LogP contribution in [0.2, 0.25) is 0 Å². The summed E-state index contributed by atoms with van der Waals surface area (Å²) in [6.07, 6.45) is 0.168. The van der Waals surface area contributed by atoms with E-state index in [9.17, 15) is 5.11 Å². The SMILES string of the molecule is Cc1cccc(Oc2c(CN(CC(C)C)C[C@@H](O)Cc3ccccc3)c(C)nn2-c2ccccc2)c1. The van der Waals surface area contributed by atoms with Gasteiger partial charge < -0.3 is 9.84 Å². The molecule has 1 N–H and O–H groups in total. The van der Waals surface area contributed by atoms with Crippen molar-refractivity contribution in [2.24, 2.45) is 5.92 Å². The van der Waals surface area contributed by atoms with Crippen LogP contribution in [0.15, 0.2) is 84.9 Å². The summed E-state index contributed by atoms with van der Waals surface area (Å²) in [5.74, 6) is 1.96. The van der Waals surface area contributed by atoms with Gasteiger partial charge in [-0.25, -0.2) is 4.68 Å². The minimum Gasteiger partial charge on any atom is -0.439 e. The van der Waals surface area contributed by atoms with Crippen molar-refractivity contribution in [3.63, 3.8) is 0 Å². The maximum atomic E-state index is 11.0. The predicted octanol–water partition coefficient (Wildman–Crippen LogP) is 6.34. The van der Waals surface area contributed by atoms with Gasteiger partial charge in [-0.2, -0.15) is 5.10 Å². The Hall–Kier alpha value is -3.41. The Kier molecular flexibility index (Phi) is 8.57. The second-order valence-electron chi connectivity index (χ2n) is 9.97. The summed E-state index contributed by atoms with van der Waals surface area (Å²) in [4.78, 5) is 2.32. The summed E-state index contributed by atoms with van der Waals surface area (Å²) in [7, 11) is 0. The Labute approximate surface area is 215 Å². The quantitative estimate of drug-likeness (QED) is 0.270. The lowest BCUT2D eigenvalue weighted by atomic mass is 10.1. The highest BCUT2D eigenvalue weighted by atomic mass is 16.5. The molecule has 5 nitrogen and oxygen atoms in total. The zero-order chi connectivity index (χ0) is 25.5. The first-order valence-corrected chi connectivity index (χ1v) is 12.7. The number of nitrogens with zero attached hydrogens (tertiary/aromatic N) is 3. The fourth-order valence-electron chi connectivity index (χ4n) is 4.55. The van der Waals surface area contributed by atoms with Gasteiger partial charge in [0.1, 0.15) is 5.75 Å². The van der Waals surface area contributed by atoms with E-state index in [2.05, 4.69) is 43.9 Å². The zero-order valence-corrected chi connectivity index (χ0v) is 21.8. The summed E-state index contributed by atoms with van der Waals surface area (Å²) in [5, 5.41) is 15.8. The highest BCUT2D eigenvalue weighted by molar-refractivity contribution is 5.43. The van der Waals surface area contributed by atoms with Crippen LogP contribution in [0.5, 0.6) is 11.6 Å². The van der Waals surface area contributed by atoms with Crippen LogP contribution < -0.4 is 4.74 Å². The molecule has 0 fully saturated rings. The minimum absolute atomic E-state index is 0.458. The van der Waals surface area contributed by atoms with Crippen LogP contribution in [0.25, 0.3) is 5.69 Å². The minimum atomic E-state index is -0.461. The van der Waals surface area contributed by atoms with E-state index in [0.29, 0.717) is 25.4 Å². The van der Waals surface area contributed by atoms with Crippen LogP contribution in [-0.2, 0) is 13.0 Å². The molecule has 0 aliphatic rings. The fourth-order valence-corrected chi connectivity index (χ4v) is 4.55. The van der Waals surface area contributed by atoms with Crippen LogP contribution in [0.4, 0.5) is 0 Å². The number of aliphatic hydroxyl groups is 1. The molecule has 4 aromatic rings. The molecular formula is C31H37N3O2. The average molecular weight is 484 g/mol. The smallest absolute Gasteiger partial charge is 0.227 e. The van der Waals surface area contributed by atoms with Gasteiger partial charge in [-0.15, -0.1) is 0 Å². The molecule has 3 aromatic carbocycles. The summed E-state index contributed by atoms with van der Waals surface area (Å²) in [6, 6.07) is 28.3. The van der Waals surface area contributed by atoms with Crippen LogP contribution in [-0.4, -0.2) is 39.0 Å². The number of ether oxygens (including phenoxy) is 1. The van der Waals surface area contributed by atoms with E-state index in [0.717, 1.165) is 46.2 Å². The molecule has 0 bridgehead atoms. The Morgan fingerprint density at radius 2 is 1.58 bits per heavy atom. The van der Waals surface area contributed by atoms with Gasteiger partial charge in [-0.05, 0) is 61.6 Å². The standard InChI is InChI=1S/C31H37N3O2/c1-23(2)20-33(21-28(35)19-26-13-7-5-8-14-26)22-30-25(4)32-34(27-15-9-6-10-16-27)31(30)36-29-17-11-12-24(3)18-29/h5-18,23,28,35H,19-22H2,1-4H3/t28-/m0/s1. The number of aryl methyl sites for hydroxylation is 2. The van der Waals surface area contributed by atoms with Gasteiger partial charge in [0, 0.05) is 19.6 Å². The van der Waals surface area contributed by atoms with Crippen molar-refractivity contribution in [1.29, 1.82) is 0 Å². The molecule has 5 heteroatoms. The van der Waals surface area contributed by atoms with E-state index in [-0.39, 0.29) is 0 Å². The van der Waals surface area contributed by atoms with Crippen LogP contribution >= 0.6 is 0 Å². The molecular weight excluding hydrogens is 446 g/mol. The first kappa shape index (κ1) is 25.7. The van der Waals surface area contributed by atoms with Crippen molar-refractivity contribution in [1.82, 2.24) is 14.7 Å². The third kappa shape index (κ3) is 6.84. The van der Waals surface area contributed by atoms with Gasteiger partial charge in [0.2, 0.25) is 5.88 Å². The molecule has 0 amide bonds. The van der Waals surface area contributed by atoms with E-state index < -0.39 is 6.10 Å². The van der Waals surface area contributed by atoms with Crippen molar-refractivity contribution in [3.05, 3.63) is 107 Å². The van der Waals surface area contributed by atoms with Crippen LogP contribution in [0, 0.1) is 19.8 Å². The lowest BCUT2D eigenvalue weighted by Gasteiger charge is -2.27. The van der Waals surface area contributed by atoms with Crippen molar-refractivity contribution >= 4 is 0 Å². The van der Waals surface area contributed by atoms with E-state index in [1.165, 1.54) is 0 Å². The van der Waals surface area contributed by atoms with Gasteiger partial charge in [0.15, 0.2) is 0 Å². The predicted molar refractivity (Wildman–Crippen MR) is 146 cm³/mol. The van der Waals surface area contributed by atoms with E-state index in [1.807, 2.05) is 78.3 Å². The molecule has 0 aliphatic carbocycles. The van der Waals surface area contributed by atoms with Crippen molar-refractivity contribution in [3.8, 4) is 17.3 Å². The van der Waals surface area contributed by atoms with Crippen molar-refractivity contribution in [2.45, 2.75) is 46.8 Å². The van der Waals surface area contributed by atoms with Gasteiger partial charge in [0.25, 0.3) is 0 Å². The number of aromatic nitrogens is 2. The molecule has 0 unspecified atom stereocenters. The van der Waals surface area contributed by atoms with E-state index in [4.69, 9.17) is 9.84 Å². The third-order valence-corrected chi connectivity index (χ3v) is 6.13. The monoisotopic (exact) mass is 483 g/mol. The molecule has 188 valence electrons.